The Bertz CT molecular complexity index is 1250. The van der Waals surface area contributed by atoms with Gasteiger partial charge in [0.05, 0.1) is 23.0 Å². The van der Waals surface area contributed by atoms with Crippen LogP contribution in [0.5, 0.6) is 0 Å². The summed E-state index contributed by atoms with van der Waals surface area (Å²) in [6, 6.07) is 15.5. The molecule has 0 unspecified atom stereocenters. The lowest BCUT2D eigenvalue weighted by Crippen LogP contribution is -2.22. The zero-order valence-corrected chi connectivity index (χ0v) is 17.2. The molecule has 2 aromatic heterocycles. The van der Waals surface area contributed by atoms with Crippen molar-refractivity contribution < 1.29 is 13.6 Å². The summed E-state index contributed by atoms with van der Waals surface area (Å²) < 4.78 is 28.3. The Balaban J connectivity index is 1.60. The molecule has 31 heavy (non-hydrogen) atoms. The van der Waals surface area contributed by atoms with Gasteiger partial charge in [-0.05, 0) is 36.8 Å². The normalized spacial score (nSPS) is 11.1. The maximum atomic E-state index is 13.8. The fourth-order valence-electron chi connectivity index (χ4n) is 2.75. The van der Waals surface area contributed by atoms with Gasteiger partial charge in [-0.15, -0.1) is 11.3 Å². The number of benzene rings is 2. The van der Waals surface area contributed by atoms with E-state index < -0.39 is 17.7 Å². The molecule has 0 spiro atoms. The van der Waals surface area contributed by atoms with Crippen LogP contribution in [0.15, 0.2) is 72.0 Å². The molecule has 0 atom stereocenters. The van der Waals surface area contributed by atoms with Crippen molar-refractivity contribution in [2.45, 2.75) is 6.92 Å². The number of nitrogens with zero attached hydrogens (tertiary/aromatic N) is 3. The van der Waals surface area contributed by atoms with E-state index in [1.807, 2.05) is 49.4 Å². The molecule has 9 heteroatoms. The van der Waals surface area contributed by atoms with Crippen molar-refractivity contribution in [3.63, 3.8) is 0 Å². The van der Waals surface area contributed by atoms with Gasteiger partial charge in [0.25, 0.3) is 0 Å². The number of anilines is 2. The van der Waals surface area contributed by atoms with Gasteiger partial charge in [0, 0.05) is 10.9 Å². The van der Waals surface area contributed by atoms with E-state index in [4.69, 9.17) is 0 Å². The Morgan fingerprint density at radius 3 is 2.61 bits per heavy atom. The molecular weight excluding hydrogens is 420 g/mol. The first-order valence-electron chi connectivity index (χ1n) is 9.26. The molecule has 2 amide bonds. The van der Waals surface area contributed by atoms with E-state index in [0.717, 1.165) is 27.5 Å². The molecule has 0 fully saturated rings. The molecular formula is C22H17F2N5OS. The first-order chi connectivity index (χ1) is 15.0. The topological polar surface area (TPSA) is 71.3 Å². The number of aromatic nitrogens is 2. The summed E-state index contributed by atoms with van der Waals surface area (Å²) in [6.45, 7) is 1.99. The number of hydrogen-bond acceptors (Lipinski definition) is 4. The molecule has 0 saturated carbocycles. The third-order valence-electron chi connectivity index (χ3n) is 4.22. The largest absolute Gasteiger partial charge is 0.326 e. The summed E-state index contributed by atoms with van der Waals surface area (Å²) in [5.41, 5.74) is 1.35. The monoisotopic (exact) mass is 437 g/mol. The Hall–Kier alpha value is -3.85. The number of imidazole rings is 1. The van der Waals surface area contributed by atoms with Crippen molar-refractivity contribution in [1.82, 2.24) is 9.66 Å². The predicted octanol–water partition coefficient (Wildman–Crippen LogP) is 5.72. The lowest BCUT2D eigenvalue weighted by atomic mass is 10.2. The van der Waals surface area contributed by atoms with Crippen molar-refractivity contribution in [3.8, 4) is 10.6 Å². The molecule has 0 radical (unpaired) electrons. The highest BCUT2D eigenvalue weighted by Crippen LogP contribution is 2.28. The van der Waals surface area contributed by atoms with Gasteiger partial charge in [0.15, 0.2) is 0 Å². The van der Waals surface area contributed by atoms with Crippen LogP contribution < -0.4 is 10.6 Å². The van der Waals surface area contributed by atoms with Gasteiger partial charge in [0.1, 0.15) is 17.3 Å². The molecule has 156 valence electrons. The van der Waals surface area contributed by atoms with Gasteiger partial charge in [0.2, 0.25) is 5.95 Å². The van der Waals surface area contributed by atoms with Crippen LogP contribution in [-0.2, 0) is 0 Å². The summed E-state index contributed by atoms with van der Waals surface area (Å²) in [7, 11) is 0. The number of hydrogen-bond donors (Lipinski definition) is 2. The van der Waals surface area contributed by atoms with E-state index in [1.54, 1.807) is 23.7 Å². The number of rotatable bonds is 5. The number of carbonyl (C=O) groups is 1. The molecule has 4 aromatic rings. The van der Waals surface area contributed by atoms with Gasteiger partial charge in [-0.25, -0.2) is 23.2 Å². The maximum Gasteiger partial charge on any atom is 0.326 e. The molecule has 0 aliphatic carbocycles. The highest BCUT2D eigenvalue weighted by molar-refractivity contribution is 7.15. The van der Waals surface area contributed by atoms with Crippen LogP contribution in [0.4, 0.5) is 25.2 Å². The lowest BCUT2D eigenvalue weighted by Gasteiger charge is -2.08. The number of carbonyl (C=O) groups excluding carboxylic acids is 1. The Kier molecular flexibility index (Phi) is 5.85. The van der Waals surface area contributed by atoms with Crippen LogP contribution in [0.25, 0.3) is 10.6 Å². The smallest absolute Gasteiger partial charge is 0.305 e. The van der Waals surface area contributed by atoms with E-state index in [1.165, 1.54) is 4.68 Å². The molecule has 2 heterocycles. The second kappa shape index (κ2) is 8.88. The highest BCUT2D eigenvalue weighted by Gasteiger charge is 2.15. The standard InChI is InChI=1S/C22H17F2N5OS/c1-14-7-10-20(31-14)19-13-29(25-12-15-5-3-2-4-6-15)21(26-19)28-22(30)27-18-9-8-16(23)11-17(18)24/h2-13H,1H3,(H2,26,27,28,30). The third kappa shape index (κ3) is 5.01. The Morgan fingerprint density at radius 2 is 1.90 bits per heavy atom. The van der Waals surface area contributed by atoms with Crippen molar-refractivity contribution in [1.29, 1.82) is 0 Å². The van der Waals surface area contributed by atoms with E-state index in [-0.39, 0.29) is 11.6 Å². The number of amides is 2. The summed E-state index contributed by atoms with van der Waals surface area (Å²) >= 11 is 1.56. The van der Waals surface area contributed by atoms with Gasteiger partial charge >= 0.3 is 6.03 Å². The highest BCUT2D eigenvalue weighted by atomic mass is 32.1. The van der Waals surface area contributed by atoms with Gasteiger partial charge < -0.3 is 5.32 Å². The fourth-order valence-corrected chi connectivity index (χ4v) is 3.57. The van der Waals surface area contributed by atoms with E-state index in [9.17, 15) is 13.6 Å². The van der Waals surface area contributed by atoms with E-state index >= 15 is 0 Å². The van der Waals surface area contributed by atoms with Crippen LogP contribution in [0.1, 0.15) is 10.4 Å². The second-order valence-corrected chi connectivity index (χ2v) is 7.85. The van der Waals surface area contributed by atoms with Crippen LogP contribution in [0, 0.1) is 18.6 Å². The SMILES string of the molecule is Cc1ccc(-c2cn(N=Cc3ccccc3)c(NC(=O)Nc3ccc(F)cc3F)n2)s1. The molecule has 4 rings (SSSR count). The Morgan fingerprint density at radius 1 is 1.10 bits per heavy atom. The van der Waals surface area contributed by atoms with E-state index in [2.05, 4.69) is 20.7 Å². The number of urea groups is 1. The summed E-state index contributed by atoms with van der Waals surface area (Å²) in [5, 5.41) is 9.30. The maximum absolute atomic E-state index is 13.8. The average molecular weight is 437 g/mol. The van der Waals surface area contributed by atoms with Crippen LogP contribution in [0.2, 0.25) is 0 Å². The summed E-state index contributed by atoms with van der Waals surface area (Å²) in [5.74, 6) is -1.46. The van der Waals surface area contributed by atoms with Gasteiger partial charge in [-0.2, -0.15) is 5.10 Å². The van der Waals surface area contributed by atoms with Crippen LogP contribution in [-0.4, -0.2) is 21.9 Å². The van der Waals surface area contributed by atoms with Gasteiger partial charge in [-0.3, -0.25) is 5.32 Å². The van der Waals surface area contributed by atoms with Gasteiger partial charge in [-0.1, -0.05) is 30.3 Å². The minimum absolute atomic E-state index is 0.147. The molecule has 6 nitrogen and oxygen atoms in total. The number of halogens is 2. The lowest BCUT2D eigenvalue weighted by molar-refractivity contribution is 0.262. The molecule has 0 aliphatic rings. The predicted molar refractivity (Wildman–Crippen MR) is 119 cm³/mol. The molecule has 0 bridgehead atoms. The Labute approximate surface area is 180 Å². The minimum Gasteiger partial charge on any atom is -0.305 e. The summed E-state index contributed by atoms with van der Waals surface area (Å²) in [6.07, 6.45) is 3.33. The quantitative estimate of drug-likeness (QED) is 0.392. The van der Waals surface area contributed by atoms with Crippen molar-refractivity contribution in [3.05, 3.63) is 88.9 Å². The summed E-state index contributed by atoms with van der Waals surface area (Å²) in [4.78, 5) is 18.9. The minimum atomic E-state index is -0.879. The number of aryl methyl sites for hydroxylation is 1. The van der Waals surface area contributed by atoms with Crippen molar-refractivity contribution in [2.24, 2.45) is 5.10 Å². The third-order valence-corrected chi connectivity index (χ3v) is 5.24. The zero-order chi connectivity index (χ0) is 21.8. The first-order valence-corrected chi connectivity index (χ1v) is 10.1. The van der Waals surface area contributed by atoms with Crippen LogP contribution >= 0.6 is 11.3 Å². The average Bonchev–Trinajstić information content (AvgIpc) is 3.35. The fraction of sp³-hybridized carbons (Fsp3) is 0.0455. The molecule has 0 saturated heterocycles. The number of nitrogens with one attached hydrogen (secondary N) is 2. The first kappa shape index (κ1) is 20.4. The zero-order valence-electron chi connectivity index (χ0n) is 16.3. The van der Waals surface area contributed by atoms with Crippen molar-refractivity contribution in [2.75, 3.05) is 10.6 Å². The van der Waals surface area contributed by atoms with Crippen molar-refractivity contribution >= 4 is 35.2 Å². The molecule has 0 aliphatic heterocycles. The van der Waals surface area contributed by atoms with Crippen LogP contribution in [0.3, 0.4) is 0 Å². The van der Waals surface area contributed by atoms with E-state index in [0.29, 0.717) is 11.8 Å². The number of thiophene rings is 1. The molecule has 2 N–H and O–H groups in total. The second-order valence-electron chi connectivity index (χ2n) is 6.56. The molecule has 2 aromatic carbocycles.